The van der Waals surface area contributed by atoms with Crippen molar-refractivity contribution in [2.24, 2.45) is 0 Å². The number of pyridine rings is 1. The lowest BCUT2D eigenvalue weighted by Gasteiger charge is -2.26. The summed E-state index contributed by atoms with van der Waals surface area (Å²) >= 11 is 5.03. The lowest BCUT2D eigenvalue weighted by molar-refractivity contribution is 0.531. The topological polar surface area (TPSA) is 48.0 Å². The number of rotatable bonds is 3. The molecule has 1 unspecified atom stereocenters. The Morgan fingerprint density at radius 1 is 1.36 bits per heavy atom. The van der Waals surface area contributed by atoms with Gasteiger partial charge in [-0.2, -0.15) is 0 Å². The number of aromatic nitrogens is 1. The van der Waals surface area contributed by atoms with Gasteiger partial charge in [0.05, 0.1) is 11.6 Å². The summed E-state index contributed by atoms with van der Waals surface area (Å²) in [5.74, 6) is -0.302. The molecular weight excluding hydrogens is 323 g/mol. The molecule has 0 aliphatic rings. The minimum absolute atomic E-state index is 0.227. The Hall–Kier alpha value is -0.880. The van der Waals surface area contributed by atoms with Crippen LogP contribution >= 0.6 is 11.6 Å². The van der Waals surface area contributed by atoms with Crippen molar-refractivity contribution in [2.75, 3.05) is 0 Å². The molecule has 1 heterocycles. The standard InChI is InChI=1S/C16H20ClFN2OS/c1-9-13(18)7-6-11-8-12(15(17)19-14(9)11)10(2)20-22(21)16(3,4)5/h6-8,10,20H,1-5H3/t10-,22?/m0/s1. The van der Waals surface area contributed by atoms with Gasteiger partial charge in [-0.05, 0) is 52.8 Å². The third-order valence-electron chi connectivity index (χ3n) is 3.46. The summed E-state index contributed by atoms with van der Waals surface area (Å²) < 4.78 is 28.5. The normalized spacial score (nSPS) is 15.1. The van der Waals surface area contributed by atoms with Gasteiger partial charge >= 0.3 is 0 Å². The Morgan fingerprint density at radius 2 is 2.00 bits per heavy atom. The summed E-state index contributed by atoms with van der Waals surface area (Å²) in [6.45, 7) is 9.26. The summed E-state index contributed by atoms with van der Waals surface area (Å²) in [7, 11) is 0. The molecule has 1 aromatic carbocycles. The molecule has 0 bridgehead atoms. The summed E-state index contributed by atoms with van der Waals surface area (Å²) in [5.41, 5.74) is 1.78. The number of nitrogens with one attached hydrogen (secondary N) is 1. The van der Waals surface area contributed by atoms with Crippen LogP contribution in [0.4, 0.5) is 4.39 Å². The van der Waals surface area contributed by atoms with Crippen molar-refractivity contribution < 1.29 is 8.94 Å². The maximum Gasteiger partial charge on any atom is 0.136 e. The molecular formula is C16H20ClFN2OS. The van der Waals surface area contributed by atoms with Crippen molar-refractivity contribution in [1.82, 2.24) is 9.71 Å². The third-order valence-corrected chi connectivity index (χ3v) is 5.44. The van der Waals surface area contributed by atoms with Crippen LogP contribution in [-0.4, -0.2) is 14.3 Å². The highest BCUT2D eigenvalue weighted by Gasteiger charge is 2.29. The first kappa shape index (κ1) is 17.5. The van der Waals surface area contributed by atoms with Gasteiger partial charge in [0.1, 0.15) is 15.7 Å². The zero-order chi connectivity index (χ0) is 16.7. The number of fused-ring (bicyclic) bond motifs is 1. The van der Waals surface area contributed by atoms with Gasteiger partial charge in [-0.25, -0.2) is 9.37 Å². The highest BCUT2D eigenvalue weighted by Crippen LogP contribution is 2.29. The Kier molecular flexibility index (Phi) is 5.02. The van der Waals surface area contributed by atoms with E-state index in [9.17, 15) is 8.94 Å². The molecule has 2 aromatic rings. The maximum absolute atomic E-state index is 13.6. The van der Waals surface area contributed by atoms with E-state index >= 15 is 0 Å². The summed E-state index contributed by atoms with van der Waals surface area (Å²) in [6, 6.07) is 4.74. The second kappa shape index (κ2) is 6.32. The van der Waals surface area contributed by atoms with Crippen molar-refractivity contribution in [1.29, 1.82) is 0 Å². The van der Waals surface area contributed by atoms with Crippen LogP contribution in [-0.2, 0) is 11.4 Å². The first-order valence-electron chi connectivity index (χ1n) is 7.04. The molecule has 2 rings (SSSR count). The van der Waals surface area contributed by atoms with E-state index < -0.39 is 11.4 Å². The van der Waals surface area contributed by atoms with Gasteiger partial charge in [0.25, 0.3) is 0 Å². The molecule has 0 aliphatic carbocycles. The lowest BCUT2D eigenvalue weighted by atomic mass is 10.1. The highest BCUT2D eigenvalue weighted by atomic mass is 35.5. The second-order valence-corrected chi connectivity index (χ2v) is 8.69. The molecule has 0 spiro atoms. The number of halogens is 2. The predicted octanol–water partition coefficient (Wildman–Crippen LogP) is 4.45. The number of benzene rings is 1. The maximum atomic E-state index is 13.6. The Labute approximate surface area is 138 Å². The van der Waals surface area contributed by atoms with Gasteiger partial charge in [-0.1, -0.05) is 11.6 Å². The second-order valence-electron chi connectivity index (χ2n) is 6.33. The Bertz CT molecular complexity index is 703. The van der Waals surface area contributed by atoms with Crippen LogP contribution in [0.1, 0.15) is 44.9 Å². The molecule has 0 radical (unpaired) electrons. The largest absolute Gasteiger partial charge is 0.598 e. The molecule has 1 aromatic heterocycles. The van der Waals surface area contributed by atoms with Crippen LogP contribution in [0, 0.1) is 12.7 Å². The molecule has 0 fully saturated rings. The van der Waals surface area contributed by atoms with Crippen molar-refractivity contribution in [3.63, 3.8) is 0 Å². The van der Waals surface area contributed by atoms with E-state index in [4.69, 9.17) is 11.6 Å². The van der Waals surface area contributed by atoms with E-state index in [0.29, 0.717) is 16.2 Å². The van der Waals surface area contributed by atoms with Gasteiger partial charge in [-0.15, -0.1) is 4.72 Å². The number of nitrogens with zero attached hydrogens (tertiary/aromatic N) is 1. The van der Waals surface area contributed by atoms with E-state index in [0.717, 1.165) is 10.9 Å². The summed E-state index contributed by atoms with van der Waals surface area (Å²) in [4.78, 5) is 4.31. The fourth-order valence-corrected chi connectivity index (χ4v) is 3.16. The minimum Gasteiger partial charge on any atom is -0.598 e. The van der Waals surface area contributed by atoms with Gasteiger partial charge in [0.2, 0.25) is 0 Å². The number of hydrogen-bond donors (Lipinski definition) is 1. The first-order chi connectivity index (χ1) is 10.1. The van der Waals surface area contributed by atoms with E-state index in [-0.39, 0.29) is 16.6 Å². The molecule has 0 saturated heterocycles. The monoisotopic (exact) mass is 342 g/mol. The van der Waals surface area contributed by atoms with Crippen LogP contribution in [0.2, 0.25) is 5.15 Å². The highest BCUT2D eigenvalue weighted by molar-refractivity contribution is 7.90. The van der Waals surface area contributed by atoms with Crippen molar-refractivity contribution in [3.8, 4) is 0 Å². The SMILES string of the molecule is Cc1c(F)ccc2cc([C@H](C)N[S+]([O-])C(C)(C)C)c(Cl)nc12. The molecule has 22 heavy (non-hydrogen) atoms. The summed E-state index contributed by atoms with van der Waals surface area (Å²) in [6.07, 6.45) is 0. The van der Waals surface area contributed by atoms with Gasteiger partial charge in [0, 0.05) is 27.9 Å². The third kappa shape index (κ3) is 3.54. The number of aryl methyl sites for hydroxylation is 1. The summed E-state index contributed by atoms with van der Waals surface area (Å²) in [5, 5.41) is 1.11. The number of hydrogen-bond acceptors (Lipinski definition) is 3. The molecule has 1 N–H and O–H groups in total. The molecule has 6 heteroatoms. The quantitative estimate of drug-likeness (QED) is 0.662. The molecule has 2 atom stereocenters. The van der Waals surface area contributed by atoms with Crippen molar-refractivity contribution >= 4 is 33.9 Å². The average molecular weight is 343 g/mol. The molecule has 120 valence electrons. The van der Waals surface area contributed by atoms with Crippen LogP contribution in [0.25, 0.3) is 10.9 Å². The van der Waals surface area contributed by atoms with E-state index in [1.807, 2.05) is 33.8 Å². The zero-order valence-corrected chi connectivity index (χ0v) is 14.9. The van der Waals surface area contributed by atoms with Gasteiger partial charge < -0.3 is 4.55 Å². The van der Waals surface area contributed by atoms with E-state index in [1.165, 1.54) is 6.07 Å². The smallest absolute Gasteiger partial charge is 0.136 e. The lowest BCUT2D eigenvalue weighted by Crippen LogP contribution is -2.40. The molecule has 0 aliphatic heterocycles. The van der Waals surface area contributed by atoms with Gasteiger partial charge in [0.15, 0.2) is 0 Å². The molecule has 3 nitrogen and oxygen atoms in total. The Morgan fingerprint density at radius 3 is 2.59 bits per heavy atom. The minimum atomic E-state index is -1.21. The Balaban J connectivity index is 2.40. The zero-order valence-electron chi connectivity index (χ0n) is 13.3. The fourth-order valence-electron chi connectivity index (χ4n) is 2.06. The van der Waals surface area contributed by atoms with E-state index in [2.05, 4.69) is 9.71 Å². The van der Waals surface area contributed by atoms with E-state index in [1.54, 1.807) is 13.0 Å². The van der Waals surface area contributed by atoms with Crippen LogP contribution in [0.15, 0.2) is 18.2 Å². The fraction of sp³-hybridized carbons (Fsp3) is 0.438. The molecule has 0 saturated carbocycles. The first-order valence-corrected chi connectivity index (χ1v) is 8.57. The van der Waals surface area contributed by atoms with Crippen molar-refractivity contribution in [2.45, 2.75) is 45.4 Å². The average Bonchev–Trinajstić information content (AvgIpc) is 2.42. The van der Waals surface area contributed by atoms with Crippen LogP contribution < -0.4 is 4.72 Å². The van der Waals surface area contributed by atoms with Crippen LogP contribution in [0.3, 0.4) is 0 Å². The predicted molar refractivity (Wildman–Crippen MR) is 90.9 cm³/mol. The van der Waals surface area contributed by atoms with Gasteiger partial charge in [-0.3, -0.25) is 0 Å². The molecule has 0 amide bonds. The van der Waals surface area contributed by atoms with Crippen LogP contribution in [0.5, 0.6) is 0 Å². The van der Waals surface area contributed by atoms with Crippen molar-refractivity contribution in [3.05, 3.63) is 40.3 Å².